The Morgan fingerprint density at radius 2 is 2.00 bits per heavy atom. The fourth-order valence-corrected chi connectivity index (χ4v) is 1.30. The van der Waals surface area contributed by atoms with Crippen LogP contribution in [0, 0.1) is 11.3 Å². The normalized spacial score (nSPS) is 9.59. The van der Waals surface area contributed by atoms with Crippen LogP contribution in [-0.2, 0) is 6.42 Å². The zero-order valence-electron chi connectivity index (χ0n) is 9.00. The Bertz CT molecular complexity index is 545. The lowest BCUT2D eigenvalue weighted by Crippen LogP contribution is -1.94. The minimum atomic E-state index is 0.309. The van der Waals surface area contributed by atoms with Crippen molar-refractivity contribution in [3.05, 3.63) is 42.2 Å². The summed E-state index contributed by atoms with van der Waals surface area (Å²) in [5.74, 6) is 1.29. The first-order valence-corrected chi connectivity index (χ1v) is 4.99. The molecule has 2 aromatic rings. The van der Waals surface area contributed by atoms with Crippen LogP contribution in [0.15, 0.2) is 36.7 Å². The molecule has 1 heterocycles. The van der Waals surface area contributed by atoms with Crippen LogP contribution in [0.4, 0.5) is 5.82 Å². The first kappa shape index (κ1) is 10.9. The Labute approximate surface area is 98.5 Å². The summed E-state index contributed by atoms with van der Waals surface area (Å²) in [6.07, 6.45) is 3.32. The van der Waals surface area contributed by atoms with Crippen molar-refractivity contribution >= 4 is 5.82 Å². The Morgan fingerprint density at radius 1 is 1.24 bits per heavy atom. The summed E-state index contributed by atoms with van der Waals surface area (Å²) in [4.78, 5) is 7.84. The molecular weight excluding hydrogens is 216 g/mol. The van der Waals surface area contributed by atoms with Crippen LogP contribution in [0.25, 0.3) is 0 Å². The molecule has 84 valence electrons. The lowest BCUT2D eigenvalue weighted by Gasteiger charge is -2.04. The predicted octanol–water partition coefficient (Wildman–Crippen LogP) is 1.92. The number of rotatable bonds is 3. The number of hydrogen-bond acceptors (Lipinski definition) is 5. The van der Waals surface area contributed by atoms with Gasteiger partial charge in [-0.1, -0.05) is 12.1 Å². The molecule has 0 spiro atoms. The molecule has 1 aromatic carbocycles. The molecular formula is C12H10N4O. The highest BCUT2D eigenvalue weighted by molar-refractivity contribution is 5.33. The highest BCUT2D eigenvalue weighted by Gasteiger charge is 2.00. The maximum Gasteiger partial charge on any atom is 0.239 e. The van der Waals surface area contributed by atoms with E-state index in [4.69, 9.17) is 15.7 Å². The molecule has 0 amide bonds. The van der Waals surface area contributed by atoms with Crippen LogP contribution in [0.2, 0.25) is 0 Å². The zero-order valence-corrected chi connectivity index (χ0v) is 9.00. The number of benzene rings is 1. The maximum absolute atomic E-state index is 8.54. The number of aromatic nitrogens is 2. The SMILES string of the molecule is N#CCc1ccc(Oc2cncc(N)n2)cc1. The van der Waals surface area contributed by atoms with Gasteiger partial charge in [0, 0.05) is 0 Å². The molecule has 2 rings (SSSR count). The van der Waals surface area contributed by atoms with Gasteiger partial charge in [0.2, 0.25) is 5.88 Å². The fraction of sp³-hybridized carbons (Fsp3) is 0.0833. The van der Waals surface area contributed by atoms with E-state index in [0.717, 1.165) is 5.56 Å². The smallest absolute Gasteiger partial charge is 0.239 e. The van der Waals surface area contributed by atoms with Gasteiger partial charge in [-0.15, -0.1) is 0 Å². The molecule has 0 unspecified atom stereocenters. The Morgan fingerprint density at radius 3 is 2.65 bits per heavy atom. The molecule has 1 aromatic heterocycles. The fourth-order valence-electron chi connectivity index (χ4n) is 1.30. The second kappa shape index (κ2) is 4.94. The Hall–Kier alpha value is -2.61. The highest BCUT2D eigenvalue weighted by atomic mass is 16.5. The van der Waals surface area contributed by atoms with Crippen molar-refractivity contribution in [1.29, 1.82) is 5.26 Å². The molecule has 5 heteroatoms. The standard InChI is InChI=1S/C12H10N4O/c13-6-5-9-1-3-10(4-2-9)17-12-8-15-7-11(14)16-12/h1-4,7-8H,5H2,(H2,14,16). The van der Waals surface area contributed by atoms with E-state index in [1.165, 1.54) is 12.4 Å². The molecule has 0 aliphatic rings. The molecule has 0 radical (unpaired) electrons. The first-order chi connectivity index (χ1) is 8.28. The molecule has 5 nitrogen and oxygen atoms in total. The number of hydrogen-bond donors (Lipinski definition) is 1. The molecule has 0 aliphatic heterocycles. The highest BCUT2D eigenvalue weighted by Crippen LogP contribution is 2.19. The quantitative estimate of drug-likeness (QED) is 0.864. The van der Waals surface area contributed by atoms with E-state index in [9.17, 15) is 0 Å². The number of nitrogens with two attached hydrogens (primary N) is 1. The molecule has 17 heavy (non-hydrogen) atoms. The molecule has 0 atom stereocenters. The minimum Gasteiger partial charge on any atom is -0.437 e. The summed E-state index contributed by atoms with van der Waals surface area (Å²) < 4.78 is 5.46. The van der Waals surface area contributed by atoms with Gasteiger partial charge in [-0.2, -0.15) is 10.2 Å². The van der Waals surface area contributed by atoms with Crippen molar-refractivity contribution in [2.24, 2.45) is 0 Å². The largest absolute Gasteiger partial charge is 0.437 e. The monoisotopic (exact) mass is 226 g/mol. The molecule has 0 saturated heterocycles. The van der Waals surface area contributed by atoms with Gasteiger partial charge in [0.25, 0.3) is 0 Å². The second-order valence-corrected chi connectivity index (χ2v) is 3.36. The molecule has 0 bridgehead atoms. The third-order valence-electron chi connectivity index (χ3n) is 2.06. The third kappa shape index (κ3) is 2.92. The molecule has 2 N–H and O–H groups in total. The van der Waals surface area contributed by atoms with Gasteiger partial charge >= 0.3 is 0 Å². The van der Waals surface area contributed by atoms with Crippen LogP contribution in [-0.4, -0.2) is 9.97 Å². The number of ether oxygens (including phenoxy) is 1. The maximum atomic E-state index is 8.54. The summed E-state index contributed by atoms with van der Waals surface area (Å²) in [5, 5.41) is 8.54. The van der Waals surface area contributed by atoms with Gasteiger partial charge in [0.1, 0.15) is 11.6 Å². The Balaban J connectivity index is 2.11. The van der Waals surface area contributed by atoms with E-state index in [1.807, 2.05) is 12.1 Å². The average Bonchev–Trinajstić information content (AvgIpc) is 2.32. The zero-order chi connectivity index (χ0) is 12.1. The minimum absolute atomic E-state index is 0.309. The van der Waals surface area contributed by atoms with Gasteiger partial charge in [-0.25, -0.2) is 0 Å². The van der Waals surface area contributed by atoms with Gasteiger partial charge in [0.15, 0.2) is 0 Å². The summed E-state index contributed by atoms with van der Waals surface area (Å²) >= 11 is 0. The van der Waals surface area contributed by atoms with Crippen LogP contribution in [0.1, 0.15) is 5.56 Å². The third-order valence-corrected chi connectivity index (χ3v) is 2.06. The first-order valence-electron chi connectivity index (χ1n) is 4.99. The van der Waals surface area contributed by atoms with Crippen molar-refractivity contribution in [3.63, 3.8) is 0 Å². The number of nitrogen functional groups attached to an aromatic ring is 1. The van der Waals surface area contributed by atoms with Gasteiger partial charge < -0.3 is 10.5 Å². The number of anilines is 1. The topological polar surface area (TPSA) is 84.8 Å². The summed E-state index contributed by atoms with van der Waals surface area (Å²) in [6.45, 7) is 0. The number of nitriles is 1. The molecule has 0 fully saturated rings. The Kier molecular flexibility index (Phi) is 3.17. The van der Waals surface area contributed by atoms with E-state index in [0.29, 0.717) is 23.9 Å². The van der Waals surface area contributed by atoms with E-state index in [-0.39, 0.29) is 0 Å². The van der Waals surface area contributed by atoms with Gasteiger partial charge in [0.05, 0.1) is 24.9 Å². The lowest BCUT2D eigenvalue weighted by atomic mass is 10.2. The summed E-state index contributed by atoms with van der Waals surface area (Å²) in [6, 6.07) is 9.29. The summed E-state index contributed by atoms with van der Waals surface area (Å²) in [7, 11) is 0. The molecule has 0 aliphatic carbocycles. The van der Waals surface area contributed by atoms with Crippen molar-refractivity contribution in [1.82, 2.24) is 9.97 Å². The van der Waals surface area contributed by atoms with E-state index < -0.39 is 0 Å². The van der Waals surface area contributed by atoms with Crippen LogP contribution in [0.3, 0.4) is 0 Å². The van der Waals surface area contributed by atoms with Crippen molar-refractivity contribution in [3.8, 4) is 17.7 Å². The van der Waals surface area contributed by atoms with Crippen LogP contribution >= 0.6 is 0 Å². The van der Waals surface area contributed by atoms with Gasteiger partial charge in [-0.3, -0.25) is 4.98 Å². The second-order valence-electron chi connectivity index (χ2n) is 3.36. The van der Waals surface area contributed by atoms with Crippen molar-refractivity contribution < 1.29 is 4.74 Å². The number of nitrogens with zero attached hydrogens (tertiary/aromatic N) is 3. The molecule has 0 saturated carbocycles. The van der Waals surface area contributed by atoms with Crippen molar-refractivity contribution in [2.45, 2.75) is 6.42 Å². The van der Waals surface area contributed by atoms with E-state index in [2.05, 4.69) is 16.0 Å². The van der Waals surface area contributed by atoms with E-state index in [1.54, 1.807) is 12.1 Å². The summed E-state index contributed by atoms with van der Waals surface area (Å²) in [5.41, 5.74) is 6.43. The van der Waals surface area contributed by atoms with E-state index >= 15 is 0 Å². The lowest BCUT2D eigenvalue weighted by molar-refractivity contribution is 0.461. The van der Waals surface area contributed by atoms with Crippen LogP contribution in [0.5, 0.6) is 11.6 Å². The average molecular weight is 226 g/mol. The van der Waals surface area contributed by atoms with Crippen molar-refractivity contribution in [2.75, 3.05) is 5.73 Å². The van der Waals surface area contributed by atoms with Crippen LogP contribution < -0.4 is 10.5 Å². The van der Waals surface area contributed by atoms with Gasteiger partial charge in [-0.05, 0) is 17.7 Å². The predicted molar refractivity (Wildman–Crippen MR) is 62.3 cm³/mol.